The Balaban J connectivity index is 2.09. The topological polar surface area (TPSA) is 55.4 Å². The minimum absolute atomic E-state index is 0.230. The van der Waals surface area contributed by atoms with E-state index in [1.807, 2.05) is 18.2 Å². The summed E-state index contributed by atoms with van der Waals surface area (Å²) < 4.78 is 4.59. The number of aryl methyl sites for hydroxylation is 2. The Morgan fingerprint density at radius 1 is 1.21 bits per heavy atom. The van der Waals surface area contributed by atoms with Crippen LogP contribution in [0.1, 0.15) is 41.3 Å². The molecule has 1 aromatic rings. The van der Waals surface area contributed by atoms with Gasteiger partial charge in [-0.15, -0.1) is 0 Å². The van der Waals surface area contributed by atoms with Gasteiger partial charge in [0.05, 0.1) is 7.11 Å². The van der Waals surface area contributed by atoms with E-state index in [4.69, 9.17) is 0 Å². The van der Waals surface area contributed by atoms with Gasteiger partial charge in [-0.3, -0.25) is 4.79 Å². The van der Waals surface area contributed by atoms with Gasteiger partial charge in [0, 0.05) is 5.56 Å². The fourth-order valence-electron chi connectivity index (χ4n) is 2.39. The van der Waals surface area contributed by atoms with Gasteiger partial charge in [-0.25, -0.2) is 4.79 Å². The Hall–Kier alpha value is -1.84. The molecule has 1 aliphatic rings. The van der Waals surface area contributed by atoms with Crippen LogP contribution in [0, 0.1) is 0 Å². The zero-order valence-corrected chi connectivity index (χ0v) is 11.4. The van der Waals surface area contributed by atoms with Gasteiger partial charge in [0.25, 0.3) is 5.91 Å². The van der Waals surface area contributed by atoms with Crippen molar-refractivity contribution >= 4 is 11.9 Å². The summed E-state index contributed by atoms with van der Waals surface area (Å²) in [7, 11) is 1.31. The van der Waals surface area contributed by atoms with Crippen LogP contribution in [0.3, 0.4) is 0 Å². The molecule has 1 aliphatic carbocycles. The van der Waals surface area contributed by atoms with Crippen molar-refractivity contribution in [2.75, 3.05) is 7.11 Å². The first kappa shape index (κ1) is 13.6. The van der Waals surface area contributed by atoms with Crippen LogP contribution in [0.5, 0.6) is 0 Å². The Bertz CT molecular complexity index is 496. The lowest BCUT2D eigenvalue weighted by molar-refractivity contribution is -0.142. The van der Waals surface area contributed by atoms with Gasteiger partial charge < -0.3 is 10.1 Å². The maximum absolute atomic E-state index is 12.0. The SMILES string of the molecule is COC(=O)[C@H](C)NC(=O)c1ccc2c(c1)CCCC2. The standard InChI is InChI=1S/C15H19NO3/c1-10(15(18)19-2)16-14(17)13-8-7-11-5-3-4-6-12(11)9-13/h7-10H,3-6H2,1-2H3,(H,16,17)/t10-/m0/s1. The van der Waals surface area contributed by atoms with Crippen LogP contribution in [0.25, 0.3) is 0 Å². The largest absolute Gasteiger partial charge is 0.467 e. The molecule has 0 unspecified atom stereocenters. The second-order valence-electron chi connectivity index (χ2n) is 4.91. The number of hydrogen-bond donors (Lipinski definition) is 1. The lowest BCUT2D eigenvalue weighted by Crippen LogP contribution is -2.39. The van der Waals surface area contributed by atoms with Crippen LogP contribution in [-0.4, -0.2) is 25.0 Å². The number of rotatable bonds is 3. The number of carbonyl (C=O) groups excluding carboxylic acids is 2. The molecule has 1 amide bonds. The molecule has 0 bridgehead atoms. The smallest absolute Gasteiger partial charge is 0.328 e. The average Bonchev–Trinajstić information content (AvgIpc) is 2.45. The van der Waals surface area contributed by atoms with Gasteiger partial charge in [0.1, 0.15) is 6.04 Å². The molecule has 0 radical (unpaired) electrons. The van der Waals surface area contributed by atoms with Crippen molar-refractivity contribution in [1.29, 1.82) is 0 Å². The quantitative estimate of drug-likeness (QED) is 0.845. The van der Waals surface area contributed by atoms with Crippen LogP contribution in [-0.2, 0) is 22.4 Å². The summed E-state index contributed by atoms with van der Waals surface area (Å²) in [5, 5.41) is 2.64. The Kier molecular flexibility index (Phi) is 4.20. The molecule has 0 saturated heterocycles. The number of amides is 1. The van der Waals surface area contributed by atoms with E-state index in [1.54, 1.807) is 6.92 Å². The normalized spacial score (nSPS) is 15.3. The molecule has 0 aliphatic heterocycles. The Labute approximate surface area is 113 Å². The molecule has 4 heteroatoms. The van der Waals surface area contributed by atoms with Gasteiger partial charge in [0.15, 0.2) is 0 Å². The third-order valence-electron chi connectivity index (χ3n) is 3.51. The van der Waals surface area contributed by atoms with Crippen LogP contribution in [0.15, 0.2) is 18.2 Å². The van der Waals surface area contributed by atoms with Crippen LogP contribution < -0.4 is 5.32 Å². The third kappa shape index (κ3) is 3.13. The summed E-state index contributed by atoms with van der Waals surface area (Å²) in [6, 6.07) is 5.15. The van der Waals surface area contributed by atoms with Gasteiger partial charge in [-0.2, -0.15) is 0 Å². The highest BCUT2D eigenvalue weighted by molar-refractivity contribution is 5.96. The molecule has 1 aromatic carbocycles. The van der Waals surface area contributed by atoms with E-state index in [2.05, 4.69) is 10.1 Å². The minimum Gasteiger partial charge on any atom is -0.467 e. The molecule has 102 valence electrons. The number of esters is 1. The second-order valence-corrected chi connectivity index (χ2v) is 4.91. The minimum atomic E-state index is -0.631. The average molecular weight is 261 g/mol. The summed E-state index contributed by atoms with van der Waals surface area (Å²) in [5.41, 5.74) is 3.20. The zero-order chi connectivity index (χ0) is 13.8. The molecule has 0 saturated carbocycles. The lowest BCUT2D eigenvalue weighted by atomic mass is 9.90. The zero-order valence-electron chi connectivity index (χ0n) is 11.4. The molecule has 0 heterocycles. The number of hydrogen-bond acceptors (Lipinski definition) is 3. The molecule has 19 heavy (non-hydrogen) atoms. The monoisotopic (exact) mass is 261 g/mol. The molecule has 0 aromatic heterocycles. The summed E-state index contributed by atoms with van der Waals surface area (Å²) in [5.74, 6) is -0.669. The highest BCUT2D eigenvalue weighted by atomic mass is 16.5. The first-order valence-electron chi connectivity index (χ1n) is 6.62. The fraction of sp³-hybridized carbons (Fsp3) is 0.467. The number of methoxy groups -OCH3 is 1. The number of benzene rings is 1. The number of fused-ring (bicyclic) bond motifs is 1. The van der Waals surface area contributed by atoms with Gasteiger partial charge in [-0.1, -0.05) is 6.07 Å². The first-order chi connectivity index (χ1) is 9.11. The predicted molar refractivity (Wildman–Crippen MR) is 72.0 cm³/mol. The van der Waals surface area contributed by atoms with E-state index in [1.165, 1.54) is 31.1 Å². The third-order valence-corrected chi connectivity index (χ3v) is 3.51. The van der Waals surface area contributed by atoms with Crippen molar-refractivity contribution in [3.05, 3.63) is 34.9 Å². The highest BCUT2D eigenvalue weighted by Crippen LogP contribution is 2.22. The van der Waals surface area contributed by atoms with Crippen molar-refractivity contribution in [1.82, 2.24) is 5.32 Å². The van der Waals surface area contributed by atoms with E-state index < -0.39 is 12.0 Å². The molecule has 0 spiro atoms. The second kappa shape index (κ2) is 5.87. The highest BCUT2D eigenvalue weighted by Gasteiger charge is 2.18. The maximum Gasteiger partial charge on any atom is 0.328 e. The number of nitrogens with one attached hydrogen (secondary N) is 1. The molecular weight excluding hydrogens is 242 g/mol. The Morgan fingerprint density at radius 3 is 2.58 bits per heavy atom. The van der Waals surface area contributed by atoms with E-state index in [0.717, 1.165) is 12.8 Å². The van der Waals surface area contributed by atoms with Gasteiger partial charge in [0.2, 0.25) is 0 Å². The molecular formula is C15H19NO3. The van der Waals surface area contributed by atoms with E-state index in [0.29, 0.717) is 5.56 Å². The Morgan fingerprint density at radius 2 is 1.89 bits per heavy atom. The van der Waals surface area contributed by atoms with Crippen LogP contribution in [0.4, 0.5) is 0 Å². The number of carbonyl (C=O) groups is 2. The van der Waals surface area contributed by atoms with Crippen LogP contribution in [0.2, 0.25) is 0 Å². The van der Waals surface area contributed by atoms with Gasteiger partial charge >= 0.3 is 5.97 Å². The molecule has 2 rings (SSSR count). The molecule has 4 nitrogen and oxygen atoms in total. The summed E-state index contributed by atoms with van der Waals surface area (Å²) >= 11 is 0. The predicted octanol–water partition coefficient (Wildman–Crippen LogP) is 1.86. The molecule has 1 N–H and O–H groups in total. The lowest BCUT2D eigenvalue weighted by Gasteiger charge is -2.17. The van der Waals surface area contributed by atoms with Crippen molar-refractivity contribution in [3.8, 4) is 0 Å². The van der Waals surface area contributed by atoms with Crippen LogP contribution >= 0.6 is 0 Å². The summed E-state index contributed by atoms with van der Waals surface area (Å²) in [6.07, 6.45) is 4.52. The molecule has 0 fully saturated rings. The van der Waals surface area contributed by atoms with E-state index in [9.17, 15) is 9.59 Å². The first-order valence-corrected chi connectivity index (χ1v) is 6.62. The fourth-order valence-corrected chi connectivity index (χ4v) is 2.39. The summed E-state index contributed by atoms with van der Waals surface area (Å²) in [6.45, 7) is 1.61. The van der Waals surface area contributed by atoms with Crippen molar-refractivity contribution in [2.24, 2.45) is 0 Å². The van der Waals surface area contributed by atoms with Crippen molar-refractivity contribution in [3.63, 3.8) is 0 Å². The maximum atomic E-state index is 12.0. The van der Waals surface area contributed by atoms with Crippen molar-refractivity contribution < 1.29 is 14.3 Å². The van der Waals surface area contributed by atoms with E-state index >= 15 is 0 Å². The summed E-state index contributed by atoms with van der Waals surface area (Å²) in [4.78, 5) is 23.3. The molecule has 1 atom stereocenters. The van der Waals surface area contributed by atoms with Gasteiger partial charge in [-0.05, 0) is 55.9 Å². The number of ether oxygens (including phenoxy) is 1. The van der Waals surface area contributed by atoms with Crippen molar-refractivity contribution in [2.45, 2.75) is 38.6 Å². The van der Waals surface area contributed by atoms with E-state index in [-0.39, 0.29) is 5.91 Å².